The molecule has 0 amide bonds. The van der Waals surface area contributed by atoms with Gasteiger partial charge in [-0.2, -0.15) is 0 Å². The number of benzene rings is 1. The molecule has 2 aromatic rings. The molecule has 140 valence electrons. The van der Waals surface area contributed by atoms with Crippen LogP contribution in [0.1, 0.15) is 33.0 Å². The molecule has 7 heteroatoms. The highest BCUT2D eigenvalue weighted by Crippen LogP contribution is 2.11. The second-order valence-corrected chi connectivity index (χ2v) is 6.39. The Morgan fingerprint density at radius 1 is 1.28 bits per heavy atom. The van der Waals surface area contributed by atoms with Crippen LogP contribution < -0.4 is 10.6 Å². The number of ether oxygens (including phenoxy) is 1. The summed E-state index contributed by atoms with van der Waals surface area (Å²) in [5.74, 6) is 1.85. The van der Waals surface area contributed by atoms with E-state index in [9.17, 15) is 0 Å². The Bertz CT molecular complexity index is 635. The van der Waals surface area contributed by atoms with Crippen LogP contribution in [0.5, 0.6) is 0 Å². The van der Waals surface area contributed by atoms with Crippen molar-refractivity contribution in [3.63, 3.8) is 0 Å². The second-order valence-electron chi connectivity index (χ2n) is 6.39. The zero-order valence-corrected chi connectivity index (χ0v) is 17.9. The summed E-state index contributed by atoms with van der Waals surface area (Å²) < 4.78 is 5.40. The highest BCUT2D eigenvalue weighted by atomic mass is 127. The Morgan fingerprint density at radius 3 is 2.72 bits per heavy atom. The molecular weight excluding hydrogens is 429 g/mol. The van der Waals surface area contributed by atoms with E-state index in [1.54, 1.807) is 7.11 Å². The van der Waals surface area contributed by atoms with Gasteiger partial charge >= 0.3 is 0 Å². The van der Waals surface area contributed by atoms with Gasteiger partial charge in [-0.15, -0.1) is 24.0 Å². The first-order valence-corrected chi connectivity index (χ1v) is 8.55. The minimum absolute atomic E-state index is 0. The van der Waals surface area contributed by atoms with Gasteiger partial charge in [0.25, 0.3) is 0 Å². The van der Waals surface area contributed by atoms with Crippen molar-refractivity contribution in [2.24, 2.45) is 4.99 Å². The first-order valence-electron chi connectivity index (χ1n) is 8.55. The third-order valence-corrected chi connectivity index (χ3v) is 3.84. The van der Waals surface area contributed by atoms with Crippen molar-refractivity contribution >= 4 is 41.0 Å². The largest absolute Gasteiger partial charge is 0.377 e. The number of fused-ring (bicyclic) bond motifs is 1. The smallest absolute Gasteiger partial charge is 0.191 e. The van der Waals surface area contributed by atoms with Crippen molar-refractivity contribution < 1.29 is 4.74 Å². The Morgan fingerprint density at radius 2 is 2.04 bits per heavy atom. The van der Waals surface area contributed by atoms with Crippen LogP contribution in [-0.4, -0.2) is 48.3 Å². The Balaban J connectivity index is 0.00000312. The van der Waals surface area contributed by atoms with Crippen LogP contribution in [0.3, 0.4) is 0 Å². The van der Waals surface area contributed by atoms with E-state index in [1.807, 2.05) is 32.0 Å². The molecular formula is C18H30IN5O. The van der Waals surface area contributed by atoms with Crippen LogP contribution in [0.25, 0.3) is 11.0 Å². The van der Waals surface area contributed by atoms with Crippen LogP contribution in [-0.2, 0) is 11.2 Å². The molecule has 0 unspecified atom stereocenters. The number of nitrogens with one attached hydrogen (secondary N) is 3. The number of aromatic nitrogens is 2. The lowest BCUT2D eigenvalue weighted by Gasteiger charge is -2.21. The van der Waals surface area contributed by atoms with Crippen molar-refractivity contribution in [1.29, 1.82) is 0 Å². The van der Waals surface area contributed by atoms with Gasteiger partial charge in [0.1, 0.15) is 5.82 Å². The van der Waals surface area contributed by atoms with Gasteiger partial charge in [-0.3, -0.25) is 4.99 Å². The van der Waals surface area contributed by atoms with Gasteiger partial charge in [0.15, 0.2) is 5.96 Å². The van der Waals surface area contributed by atoms with Gasteiger partial charge in [0.05, 0.1) is 23.2 Å². The zero-order chi connectivity index (χ0) is 17.4. The fourth-order valence-electron chi connectivity index (χ4n) is 2.26. The number of H-pyrrole nitrogens is 1. The maximum atomic E-state index is 5.40. The van der Waals surface area contributed by atoms with Gasteiger partial charge in [0.2, 0.25) is 0 Å². The first kappa shape index (κ1) is 21.7. The molecule has 0 bridgehead atoms. The number of hydrogen-bond acceptors (Lipinski definition) is 3. The van der Waals surface area contributed by atoms with E-state index in [-0.39, 0.29) is 29.6 Å². The van der Waals surface area contributed by atoms with Crippen LogP contribution in [0.4, 0.5) is 0 Å². The molecule has 1 aromatic carbocycles. The number of aryl methyl sites for hydroxylation is 1. The van der Waals surface area contributed by atoms with Crippen LogP contribution in [0.15, 0.2) is 29.3 Å². The summed E-state index contributed by atoms with van der Waals surface area (Å²) in [7, 11) is 1.71. The number of halogens is 1. The lowest BCUT2D eigenvalue weighted by atomic mass is 10.1. The Kier molecular flexibility index (Phi) is 9.20. The number of hydrogen-bond donors (Lipinski definition) is 3. The summed E-state index contributed by atoms with van der Waals surface area (Å²) in [4.78, 5) is 12.5. The van der Waals surface area contributed by atoms with E-state index in [0.29, 0.717) is 6.54 Å². The van der Waals surface area contributed by atoms with Gasteiger partial charge < -0.3 is 20.4 Å². The number of methoxy groups -OCH3 is 1. The average Bonchev–Trinajstić information content (AvgIpc) is 2.99. The van der Waals surface area contributed by atoms with E-state index < -0.39 is 0 Å². The molecule has 0 atom stereocenters. The molecule has 0 aliphatic rings. The Hall–Kier alpha value is -1.35. The average molecular weight is 459 g/mol. The number of aromatic amines is 1. The van der Waals surface area contributed by atoms with Crippen LogP contribution >= 0.6 is 24.0 Å². The molecule has 0 spiro atoms. The highest BCUT2D eigenvalue weighted by molar-refractivity contribution is 14.0. The van der Waals surface area contributed by atoms with E-state index in [2.05, 4.69) is 38.6 Å². The molecule has 1 aromatic heterocycles. The number of guanidine groups is 1. The predicted octanol–water partition coefficient (Wildman–Crippen LogP) is 3.09. The van der Waals surface area contributed by atoms with Gasteiger partial charge in [-0.25, -0.2) is 4.98 Å². The van der Waals surface area contributed by atoms with Crippen LogP contribution in [0.2, 0.25) is 0 Å². The normalized spacial score (nSPS) is 12.1. The van der Waals surface area contributed by atoms with Gasteiger partial charge in [0, 0.05) is 26.6 Å². The molecule has 0 radical (unpaired) electrons. The van der Waals surface area contributed by atoms with Gasteiger partial charge in [-0.05, 0) is 39.3 Å². The minimum atomic E-state index is -0.253. The standard InChI is InChI=1S/C18H29N5O.HI/c1-5-19-17(21-13-18(2,3)24-4)20-12-8-11-16-22-14-9-6-7-10-15(14)23-16;/h6-7,9-10H,5,8,11-13H2,1-4H3,(H,22,23)(H2,19,20,21);1H. The SMILES string of the molecule is CCNC(=NCC(C)(C)OC)NCCCc1nc2ccccc2[nH]1.I. The summed E-state index contributed by atoms with van der Waals surface area (Å²) in [6.45, 7) is 8.41. The molecule has 0 saturated carbocycles. The minimum Gasteiger partial charge on any atom is -0.377 e. The molecule has 0 saturated heterocycles. The summed E-state index contributed by atoms with van der Waals surface area (Å²) >= 11 is 0. The third-order valence-electron chi connectivity index (χ3n) is 3.84. The topological polar surface area (TPSA) is 74.3 Å². The number of aliphatic imine (C=N–C) groups is 1. The predicted molar refractivity (Wildman–Crippen MR) is 115 cm³/mol. The number of rotatable bonds is 8. The molecule has 6 nitrogen and oxygen atoms in total. The maximum absolute atomic E-state index is 5.40. The molecule has 1 heterocycles. The quantitative estimate of drug-likeness (QED) is 0.246. The number of nitrogens with zero attached hydrogens (tertiary/aromatic N) is 2. The van der Waals surface area contributed by atoms with Crippen LogP contribution in [0, 0.1) is 0 Å². The van der Waals surface area contributed by atoms with E-state index in [0.717, 1.165) is 48.7 Å². The monoisotopic (exact) mass is 459 g/mol. The molecule has 3 N–H and O–H groups in total. The molecule has 0 fully saturated rings. The third kappa shape index (κ3) is 7.19. The van der Waals surface area contributed by atoms with Crippen molar-refractivity contribution in [3.05, 3.63) is 30.1 Å². The Labute approximate surface area is 167 Å². The zero-order valence-electron chi connectivity index (χ0n) is 15.6. The van der Waals surface area contributed by atoms with Crippen molar-refractivity contribution in [3.8, 4) is 0 Å². The fourth-order valence-corrected chi connectivity index (χ4v) is 2.26. The van der Waals surface area contributed by atoms with E-state index >= 15 is 0 Å². The number of para-hydroxylation sites is 2. The van der Waals surface area contributed by atoms with Crippen molar-refractivity contribution in [2.45, 2.75) is 39.2 Å². The summed E-state index contributed by atoms with van der Waals surface area (Å²) in [5, 5.41) is 6.62. The lowest BCUT2D eigenvalue weighted by Crippen LogP contribution is -2.39. The first-order chi connectivity index (χ1) is 11.5. The number of imidazole rings is 1. The van der Waals surface area contributed by atoms with E-state index in [1.165, 1.54) is 0 Å². The highest BCUT2D eigenvalue weighted by Gasteiger charge is 2.15. The summed E-state index contributed by atoms with van der Waals surface area (Å²) in [6, 6.07) is 8.11. The van der Waals surface area contributed by atoms with E-state index in [4.69, 9.17) is 4.74 Å². The van der Waals surface area contributed by atoms with Crippen molar-refractivity contribution in [1.82, 2.24) is 20.6 Å². The molecule has 0 aliphatic heterocycles. The lowest BCUT2D eigenvalue weighted by molar-refractivity contribution is 0.0310. The van der Waals surface area contributed by atoms with Crippen molar-refractivity contribution in [2.75, 3.05) is 26.7 Å². The summed E-state index contributed by atoms with van der Waals surface area (Å²) in [6.07, 6.45) is 1.89. The second kappa shape index (κ2) is 10.6. The van der Waals surface area contributed by atoms with Gasteiger partial charge in [-0.1, -0.05) is 12.1 Å². The maximum Gasteiger partial charge on any atom is 0.191 e. The molecule has 0 aliphatic carbocycles. The fraction of sp³-hybridized carbons (Fsp3) is 0.556. The molecule has 25 heavy (non-hydrogen) atoms. The molecule has 2 rings (SSSR count). The summed E-state index contributed by atoms with van der Waals surface area (Å²) in [5.41, 5.74) is 1.87.